The van der Waals surface area contributed by atoms with Crippen LogP contribution in [0.3, 0.4) is 0 Å². The van der Waals surface area contributed by atoms with Gasteiger partial charge in [-0.25, -0.2) is 14.6 Å². The quantitative estimate of drug-likeness (QED) is 0.502. The van der Waals surface area contributed by atoms with Crippen molar-refractivity contribution >= 4 is 46.3 Å². The third-order valence-corrected chi connectivity index (χ3v) is 6.07. The first-order valence-electron chi connectivity index (χ1n) is 9.69. The molecule has 0 aliphatic carbocycles. The molecule has 0 radical (unpaired) electrons. The van der Waals surface area contributed by atoms with E-state index in [1.807, 2.05) is 34.5 Å². The molecule has 2 aliphatic rings. The molecule has 1 unspecified atom stereocenters. The molecule has 0 saturated carbocycles. The van der Waals surface area contributed by atoms with Crippen LogP contribution in [0.2, 0.25) is 4.34 Å². The third-order valence-electron chi connectivity index (χ3n) is 4.89. The maximum Gasteiger partial charge on any atom is 0.332 e. The molecule has 162 valence electrons. The summed E-state index contributed by atoms with van der Waals surface area (Å²) in [7, 11) is 0. The first-order valence-corrected chi connectivity index (χ1v) is 10.9. The molecule has 0 spiro atoms. The Balaban J connectivity index is 1.66. The number of piperazine rings is 1. The molecule has 1 aromatic carbocycles. The van der Waals surface area contributed by atoms with E-state index >= 15 is 0 Å². The number of aliphatic imine (C=N–C) groups is 1. The van der Waals surface area contributed by atoms with E-state index in [-0.39, 0.29) is 0 Å². The number of carbonyl (C=O) groups excluding carboxylic acids is 1. The molecule has 3 heterocycles. The van der Waals surface area contributed by atoms with Gasteiger partial charge in [-0.3, -0.25) is 4.90 Å². The Morgan fingerprint density at radius 1 is 1.32 bits per heavy atom. The molecule has 1 saturated heterocycles. The lowest BCUT2D eigenvalue weighted by Gasteiger charge is -2.34. The summed E-state index contributed by atoms with van der Waals surface area (Å²) in [6, 6.07) is 7.40. The van der Waals surface area contributed by atoms with E-state index in [2.05, 4.69) is 5.32 Å². The van der Waals surface area contributed by atoms with Gasteiger partial charge in [-0.1, -0.05) is 23.7 Å². The summed E-state index contributed by atoms with van der Waals surface area (Å²) >= 11 is 7.72. The minimum Gasteiger partial charge on any atom is -0.478 e. The number of nitrogens with zero attached hydrogens (tertiary/aromatic N) is 2. The van der Waals surface area contributed by atoms with Gasteiger partial charge in [0.2, 0.25) is 0 Å². The zero-order valence-electron chi connectivity index (χ0n) is 16.4. The monoisotopic (exact) mass is 461 g/mol. The van der Waals surface area contributed by atoms with Gasteiger partial charge in [-0.2, -0.15) is 0 Å². The van der Waals surface area contributed by atoms with Crippen LogP contribution in [0.25, 0.3) is 0 Å². The summed E-state index contributed by atoms with van der Waals surface area (Å²) in [5.41, 5.74) is 2.09. The van der Waals surface area contributed by atoms with Gasteiger partial charge >= 0.3 is 11.9 Å². The third kappa shape index (κ3) is 5.13. The predicted octanol–water partition coefficient (Wildman–Crippen LogP) is 3.43. The van der Waals surface area contributed by atoms with Crippen LogP contribution in [0.5, 0.6) is 11.5 Å². The summed E-state index contributed by atoms with van der Waals surface area (Å²) in [5.74, 6) is -0.804. The lowest BCUT2D eigenvalue weighted by Crippen LogP contribution is -2.50. The number of hydrogen-bond donors (Lipinski definition) is 2. The number of para-hydroxylation sites is 2. The Morgan fingerprint density at radius 2 is 2.10 bits per heavy atom. The lowest BCUT2D eigenvalue weighted by atomic mass is 10.1. The number of thiophene rings is 1. The minimum atomic E-state index is -1.21. The molecule has 2 N–H and O–H groups in total. The van der Waals surface area contributed by atoms with Gasteiger partial charge in [0.1, 0.15) is 10.0 Å². The van der Waals surface area contributed by atoms with Gasteiger partial charge in [-0.05, 0) is 12.1 Å². The number of halogens is 1. The van der Waals surface area contributed by atoms with Crippen LogP contribution >= 0.6 is 22.9 Å². The number of fused-ring (bicyclic) bond motifs is 2. The van der Waals surface area contributed by atoms with Crippen molar-refractivity contribution in [3.05, 3.63) is 51.7 Å². The van der Waals surface area contributed by atoms with E-state index in [0.717, 1.165) is 30.8 Å². The normalized spacial score (nSPS) is 17.1. The summed E-state index contributed by atoms with van der Waals surface area (Å²) in [6.45, 7) is 2.87. The van der Waals surface area contributed by atoms with E-state index in [1.165, 1.54) is 11.3 Å². The van der Waals surface area contributed by atoms with E-state index in [1.54, 1.807) is 0 Å². The number of nitrogens with one attached hydrogen (secondary N) is 1. The molecular weight excluding hydrogens is 442 g/mol. The van der Waals surface area contributed by atoms with Crippen molar-refractivity contribution < 1.29 is 24.2 Å². The zero-order valence-corrected chi connectivity index (χ0v) is 18.0. The van der Waals surface area contributed by atoms with Crippen molar-refractivity contribution in [2.75, 3.05) is 26.2 Å². The number of carboxylic acid groups (broad SMARTS) is 1. The van der Waals surface area contributed by atoms with Crippen molar-refractivity contribution in [3.8, 4) is 11.5 Å². The molecule has 8 nitrogen and oxygen atoms in total. The molecule has 31 heavy (non-hydrogen) atoms. The maximum absolute atomic E-state index is 12.3. The van der Waals surface area contributed by atoms with Crippen LogP contribution < -0.4 is 10.1 Å². The Kier molecular flexibility index (Phi) is 6.67. The highest BCUT2D eigenvalue weighted by molar-refractivity contribution is 7.15. The number of carboxylic acids is 1. The van der Waals surface area contributed by atoms with Crippen molar-refractivity contribution in [2.24, 2.45) is 4.99 Å². The highest BCUT2D eigenvalue weighted by atomic mass is 35.5. The smallest absolute Gasteiger partial charge is 0.332 e. The van der Waals surface area contributed by atoms with E-state index in [4.69, 9.17) is 31.2 Å². The molecule has 2 aromatic rings. The molecule has 10 heteroatoms. The van der Waals surface area contributed by atoms with Crippen molar-refractivity contribution in [1.82, 2.24) is 10.2 Å². The number of hydrogen-bond acceptors (Lipinski definition) is 8. The Hall–Kier alpha value is -2.72. The van der Waals surface area contributed by atoms with Gasteiger partial charge in [0.05, 0.1) is 11.3 Å². The average molecular weight is 462 g/mol. The van der Waals surface area contributed by atoms with Crippen LogP contribution in [0.1, 0.15) is 12.0 Å². The first-order chi connectivity index (χ1) is 15.0. The number of esters is 1. The average Bonchev–Trinajstić information content (AvgIpc) is 3.04. The van der Waals surface area contributed by atoms with Gasteiger partial charge in [0, 0.05) is 50.1 Å². The van der Waals surface area contributed by atoms with Crippen molar-refractivity contribution in [1.29, 1.82) is 0 Å². The standard InChI is InChI=1S/C21H20ClN3O5S/c22-21-20-13(12-31-21)15(24-14-3-1-2-4-16(14)29-20)11-17(25-9-7-23-8-10-25)30-19(28)6-5-18(26)27/h1-6,12,17,23H,7-11H2,(H,26,27)/b6-5+. The molecule has 2 aliphatic heterocycles. The maximum atomic E-state index is 12.3. The van der Waals surface area contributed by atoms with Gasteiger partial charge in [-0.15, -0.1) is 11.3 Å². The number of rotatable bonds is 6. The summed E-state index contributed by atoms with van der Waals surface area (Å²) in [4.78, 5) is 29.8. The van der Waals surface area contributed by atoms with E-state index < -0.39 is 18.2 Å². The fourth-order valence-electron chi connectivity index (χ4n) is 3.42. The molecule has 0 bridgehead atoms. The fraction of sp³-hybridized carbons (Fsp3) is 0.286. The minimum absolute atomic E-state index is 0.296. The highest BCUT2D eigenvalue weighted by Gasteiger charge is 2.29. The second-order valence-corrected chi connectivity index (χ2v) is 8.42. The predicted molar refractivity (Wildman–Crippen MR) is 118 cm³/mol. The summed E-state index contributed by atoms with van der Waals surface area (Å²) in [5, 5.41) is 13.9. The summed E-state index contributed by atoms with van der Waals surface area (Å²) in [6.07, 6.45) is 1.35. The molecule has 1 atom stereocenters. The Bertz CT molecular complexity index is 1050. The zero-order chi connectivity index (χ0) is 21.8. The van der Waals surface area contributed by atoms with Gasteiger partial charge in [0.25, 0.3) is 0 Å². The molecule has 4 rings (SSSR count). The Morgan fingerprint density at radius 3 is 2.87 bits per heavy atom. The largest absolute Gasteiger partial charge is 0.478 e. The van der Waals surface area contributed by atoms with Crippen molar-refractivity contribution in [2.45, 2.75) is 12.6 Å². The number of aliphatic carboxylic acids is 1. The SMILES string of the molecule is O=C(O)/C=C/C(=O)OC(CC1=Nc2ccccc2Oc2c1csc2Cl)N1CCNCC1. The van der Waals surface area contributed by atoms with Crippen LogP contribution in [-0.2, 0) is 14.3 Å². The molecule has 0 amide bonds. The lowest BCUT2D eigenvalue weighted by molar-refractivity contribution is -0.153. The molecule has 1 aromatic heterocycles. The summed E-state index contributed by atoms with van der Waals surface area (Å²) < 4.78 is 12.2. The Labute approximate surface area is 187 Å². The van der Waals surface area contributed by atoms with Crippen LogP contribution in [-0.4, -0.2) is 60.1 Å². The topological polar surface area (TPSA) is 100 Å². The van der Waals surface area contributed by atoms with Gasteiger partial charge < -0.3 is 19.9 Å². The highest BCUT2D eigenvalue weighted by Crippen LogP contribution is 2.44. The fourth-order valence-corrected chi connectivity index (χ4v) is 4.42. The van der Waals surface area contributed by atoms with Crippen LogP contribution in [0.4, 0.5) is 5.69 Å². The second kappa shape index (κ2) is 9.61. The van der Waals surface area contributed by atoms with Crippen molar-refractivity contribution in [3.63, 3.8) is 0 Å². The van der Waals surface area contributed by atoms with Gasteiger partial charge in [0.15, 0.2) is 17.7 Å². The van der Waals surface area contributed by atoms with E-state index in [9.17, 15) is 9.59 Å². The number of carbonyl (C=O) groups is 2. The van der Waals surface area contributed by atoms with Crippen LogP contribution in [0, 0.1) is 0 Å². The number of benzene rings is 1. The van der Waals surface area contributed by atoms with Crippen LogP contribution in [0.15, 0.2) is 46.8 Å². The molecular formula is C21H20ClN3O5S. The second-order valence-electron chi connectivity index (χ2n) is 6.93. The first kappa shape index (κ1) is 21.5. The van der Waals surface area contributed by atoms with E-state index in [0.29, 0.717) is 46.7 Å². The molecule has 1 fully saturated rings. The number of ether oxygens (including phenoxy) is 2.